The number of anilines is 1. The smallest absolute Gasteiger partial charge is 0.332 e. The van der Waals surface area contributed by atoms with E-state index >= 15 is 0 Å². The first-order valence-corrected chi connectivity index (χ1v) is 8.77. The van der Waals surface area contributed by atoms with E-state index in [1.807, 2.05) is 30.3 Å². The van der Waals surface area contributed by atoms with Crippen molar-refractivity contribution in [3.63, 3.8) is 0 Å². The third kappa shape index (κ3) is 3.02. The highest BCUT2D eigenvalue weighted by Crippen LogP contribution is 2.26. The molecule has 0 bridgehead atoms. The van der Waals surface area contributed by atoms with E-state index in [-0.39, 0.29) is 11.0 Å². The minimum atomic E-state index is -0.488. The fourth-order valence-corrected chi connectivity index (χ4v) is 3.16. The van der Waals surface area contributed by atoms with Gasteiger partial charge < -0.3 is 9.84 Å². The number of aromatic nitrogens is 4. The molecule has 4 aromatic rings. The van der Waals surface area contributed by atoms with Gasteiger partial charge in [-0.05, 0) is 13.0 Å². The van der Waals surface area contributed by atoms with Crippen molar-refractivity contribution in [1.29, 1.82) is 0 Å². The van der Waals surface area contributed by atoms with Gasteiger partial charge in [0.25, 0.3) is 11.5 Å². The lowest BCUT2D eigenvalue weighted by atomic mass is 10.1. The van der Waals surface area contributed by atoms with Crippen LogP contribution in [0.4, 0.5) is 5.69 Å². The molecule has 4 rings (SSSR count). The maximum atomic E-state index is 12.9. The summed E-state index contributed by atoms with van der Waals surface area (Å²) >= 11 is 0. The van der Waals surface area contributed by atoms with Crippen molar-refractivity contribution in [3.8, 4) is 11.3 Å². The predicted octanol–water partition coefficient (Wildman–Crippen LogP) is 1.85. The number of carbonyl (C=O) groups excluding carboxylic acids is 1. The molecule has 1 N–H and O–H groups in total. The number of carbonyl (C=O) groups is 1. The second kappa shape index (κ2) is 6.86. The van der Waals surface area contributed by atoms with Crippen molar-refractivity contribution >= 4 is 22.6 Å². The van der Waals surface area contributed by atoms with Crippen molar-refractivity contribution in [3.05, 3.63) is 74.8 Å². The van der Waals surface area contributed by atoms with Gasteiger partial charge in [0.2, 0.25) is 0 Å². The minimum absolute atomic E-state index is 0.220. The van der Waals surface area contributed by atoms with Crippen LogP contribution in [0.2, 0.25) is 0 Å². The average Bonchev–Trinajstić information content (AvgIpc) is 3.12. The van der Waals surface area contributed by atoms with Crippen LogP contribution in [0.25, 0.3) is 22.3 Å². The van der Waals surface area contributed by atoms with E-state index in [9.17, 15) is 14.4 Å². The van der Waals surface area contributed by atoms with Crippen LogP contribution in [0.15, 0.2) is 56.7 Å². The van der Waals surface area contributed by atoms with E-state index in [2.05, 4.69) is 15.5 Å². The quantitative estimate of drug-likeness (QED) is 0.570. The molecule has 9 nitrogen and oxygen atoms in total. The Morgan fingerprint density at radius 3 is 2.55 bits per heavy atom. The molecule has 0 aliphatic heterocycles. The number of aryl methyl sites for hydroxylation is 2. The lowest BCUT2D eigenvalue weighted by Crippen LogP contribution is -2.37. The largest absolute Gasteiger partial charge is 0.360 e. The molecular formula is C20H17N5O4. The van der Waals surface area contributed by atoms with Gasteiger partial charge in [0.15, 0.2) is 0 Å². The van der Waals surface area contributed by atoms with Gasteiger partial charge >= 0.3 is 5.69 Å². The number of fused-ring (bicyclic) bond motifs is 1. The summed E-state index contributed by atoms with van der Waals surface area (Å²) in [6, 6.07) is 10.7. The van der Waals surface area contributed by atoms with Crippen molar-refractivity contribution < 1.29 is 9.32 Å². The van der Waals surface area contributed by atoms with E-state index < -0.39 is 17.2 Å². The number of rotatable bonds is 3. The van der Waals surface area contributed by atoms with Crippen LogP contribution in [0.5, 0.6) is 0 Å². The molecule has 0 atom stereocenters. The monoisotopic (exact) mass is 391 g/mol. The molecule has 29 heavy (non-hydrogen) atoms. The molecule has 0 aliphatic rings. The Hall–Kier alpha value is -4.01. The Morgan fingerprint density at radius 2 is 1.83 bits per heavy atom. The Balaban J connectivity index is 1.75. The number of hydrogen-bond donors (Lipinski definition) is 1. The molecule has 1 aromatic carbocycles. The van der Waals surface area contributed by atoms with Crippen LogP contribution >= 0.6 is 0 Å². The fraction of sp³-hybridized carbons (Fsp3) is 0.150. The normalized spacial score (nSPS) is 11.0. The van der Waals surface area contributed by atoms with Crippen LogP contribution < -0.4 is 16.6 Å². The summed E-state index contributed by atoms with van der Waals surface area (Å²) in [5.41, 5.74) is 1.06. The van der Waals surface area contributed by atoms with Crippen LogP contribution in [0.3, 0.4) is 0 Å². The summed E-state index contributed by atoms with van der Waals surface area (Å²) in [7, 11) is 2.92. The van der Waals surface area contributed by atoms with Crippen molar-refractivity contribution in [2.75, 3.05) is 5.32 Å². The topological polar surface area (TPSA) is 112 Å². The second-order valence-electron chi connectivity index (χ2n) is 6.58. The van der Waals surface area contributed by atoms with Crippen molar-refractivity contribution in [2.45, 2.75) is 6.92 Å². The van der Waals surface area contributed by atoms with E-state index in [1.165, 1.54) is 30.9 Å². The number of benzene rings is 1. The summed E-state index contributed by atoms with van der Waals surface area (Å²) in [6.45, 7) is 1.65. The highest BCUT2D eigenvalue weighted by atomic mass is 16.5. The molecule has 3 heterocycles. The summed E-state index contributed by atoms with van der Waals surface area (Å²) < 4.78 is 7.50. The standard InChI is InChI=1S/C20H17N5O4/c1-11-15(16(23-29-11)12-7-5-4-6-8-12)18(26)22-13-9-14-17(21-10-13)24(2)20(28)25(3)19(14)27/h4-10H,1-3H3,(H,22,26). The third-order valence-corrected chi connectivity index (χ3v) is 4.69. The zero-order valence-corrected chi connectivity index (χ0v) is 16.0. The number of pyridine rings is 1. The van der Waals surface area contributed by atoms with Crippen LogP contribution in [0.1, 0.15) is 16.1 Å². The highest BCUT2D eigenvalue weighted by Gasteiger charge is 2.22. The predicted molar refractivity (Wildman–Crippen MR) is 107 cm³/mol. The van der Waals surface area contributed by atoms with E-state index in [4.69, 9.17) is 4.52 Å². The van der Waals surface area contributed by atoms with Crippen molar-refractivity contribution in [1.82, 2.24) is 19.3 Å². The van der Waals surface area contributed by atoms with E-state index in [1.54, 1.807) is 6.92 Å². The number of hydrogen-bond acceptors (Lipinski definition) is 6. The van der Waals surface area contributed by atoms with Crippen LogP contribution in [-0.2, 0) is 14.1 Å². The van der Waals surface area contributed by atoms with Gasteiger partial charge in [0, 0.05) is 19.7 Å². The number of nitrogens with zero attached hydrogens (tertiary/aromatic N) is 4. The van der Waals surface area contributed by atoms with E-state index in [0.717, 1.165) is 10.1 Å². The van der Waals surface area contributed by atoms with Gasteiger partial charge in [-0.25, -0.2) is 9.78 Å². The van der Waals surface area contributed by atoms with Gasteiger partial charge in [-0.3, -0.25) is 18.7 Å². The van der Waals surface area contributed by atoms with Gasteiger partial charge in [-0.2, -0.15) is 0 Å². The lowest BCUT2D eigenvalue weighted by Gasteiger charge is -2.09. The first kappa shape index (κ1) is 18.4. The third-order valence-electron chi connectivity index (χ3n) is 4.69. The Labute approximate surface area is 164 Å². The maximum absolute atomic E-state index is 12.9. The zero-order valence-electron chi connectivity index (χ0n) is 16.0. The molecule has 0 saturated heterocycles. The van der Waals surface area contributed by atoms with Gasteiger partial charge in [-0.15, -0.1) is 0 Å². The van der Waals surface area contributed by atoms with Gasteiger partial charge in [0.05, 0.1) is 17.3 Å². The Kier molecular flexibility index (Phi) is 4.34. The highest BCUT2D eigenvalue weighted by molar-refractivity contribution is 6.09. The first-order chi connectivity index (χ1) is 13.9. The van der Waals surface area contributed by atoms with Crippen molar-refractivity contribution in [2.24, 2.45) is 14.1 Å². The van der Waals surface area contributed by atoms with Crippen LogP contribution in [0, 0.1) is 6.92 Å². The second-order valence-corrected chi connectivity index (χ2v) is 6.58. The lowest BCUT2D eigenvalue weighted by molar-refractivity contribution is 0.102. The molecule has 0 unspecified atom stereocenters. The molecule has 146 valence electrons. The molecule has 0 spiro atoms. The summed E-state index contributed by atoms with van der Waals surface area (Å²) in [6.07, 6.45) is 1.39. The minimum Gasteiger partial charge on any atom is -0.360 e. The zero-order chi connectivity index (χ0) is 20.7. The molecule has 0 radical (unpaired) electrons. The van der Waals surface area contributed by atoms with Crippen LogP contribution in [-0.4, -0.2) is 25.2 Å². The average molecular weight is 391 g/mol. The first-order valence-electron chi connectivity index (χ1n) is 8.77. The number of nitrogens with one attached hydrogen (secondary N) is 1. The van der Waals surface area contributed by atoms with E-state index in [0.29, 0.717) is 22.7 Å². The van der Waals surface area contributed by atoms with Gasteiger partial charge in [-0.1, -0.05) is 35.5 Å². The summed E-state index contributed by atoms with van der Waals surface area (Å²) in [5, 5.41) is 6.95. The molecule has 0 fully saturated rings. The molecule has 0 aliphatic carbocycles. The summed E-state index contributed by atoms with van der Waals surface area (Å²) in [4.78, 5) is 41.6. The molecule has 3 aromatic heterocycles. The molecule has 1 amide bonds. The number of amides is 1. The maximum Gasteiger partial charge on any atom is 0.332 e. The van der Waals surface area contributed by atoms with Gasteiger partial charge in [0.1, 0.15) is 22.7 Å². The Morgan fingerprint density at radius 1 is 1.10 bits per heavy atom. The molecule has 0 saturated carbocycles. The fourth-order valence-electron chi connectivity index (χ4n) is 3.16. The molecular weight excluding hydrogens is 374 g/mol. The Bertz CT molecular complexity index is 1370. The molecule has 9 heteroatoms. The summed E-state index contributed by atoms with van der Waals surface area (Å²) in [5.74, 6) is -0.0705. The SMILES string of the molecule is Cc1onc(-c2ccccc2)c1C(=O)Nc1cnc2c(c1)c(=O)n(C)c(=O)n2C.